The van der Waals surface area contributed by atoms with Gasteiger partial charge in [0.1, 0.15) is 60.1 Å². The minimum Gasteiger partial charge on any atom is -0.539 e. The van der Waals surface area contributed by atoms with Crippen LogP contribution in [-0.2, 0) is 52.7 Å². The SMILES string of the molecule is [B]OC(=O)C1=C(C[N+](C)(C)[C@@H]2CCN(C(=O)c3ccc(OCc4ccc(OC)cc4)c(OCc4ccc(OC)cc4)c3Cl)C2)CS(=O)[C@@H]2[C@H](NC(=O)/C(=N\OC(C)(C)C(C)=O)c3csc(C)n3)C(=O)N12. The first-order valence-corrected chi connectivity index (χ1v) is 24.7. The van der Waals surface area contributed by atoms with E-state index in [1.54, 1.807) is 43.6 Å². The van der Waals surface area contributed by atoms with Gasteiger partial charge in [-0.2, -0.15) is 0 Å². The van der Waals surface area contributed by atoms with Crippen molar-refractivity contribution in [1.82, 2.24) is 20.1 Å². The molecule has 4 aromatic rings. The number of aryl methyl sites for hydroxylation is 1. The first kappa shape index (κ1) is 51.6. The van der Waals surface area contributed by atoms with E-state index in [1.165, 1.54) is 32.1 Å². The molecule has 2 radical (unpaired) electrons. The molecular weight excluding hydrogens is 963 g/mol. The number of ether oxygens (including phenoxy) is 4. The molecule has 22 heteroatoms. The van der Waals surface area contributed by atoms with E-state index >= 15 is 0 Å². The fourth-order valence-corrected chi connectivity index (χ4v) is 10.7. The quantitative estimate of drug-likeness (QED) is 0.0448. The number of rotatable bonds is 19. The summed E-state index contributed by atoms with van der Waals surface area (Å²) >= 11 is 8.30. The number of likely N-dealkylation sites (tertiary alicyclic amines) is 1. The molecule has 368 valence electrons. The summed E-state index contributed by atoms with van der Waals surface area (Å²) in [4.78, 5) is 80.1. The van der Waals surface area contributed by atoms with Crippen molar-refractivity contribution < 1.29 is 61.1 Å². The molecule has 0 saturated carbocycles. The molecule has 18 nitrogen and oxygen atoms in total. The Morgan fingerprint density at radius 1 is 0.986 bits per heavy atom. The molecular formula is C48H53BClN6O12S2+. The predicted octanol–water partition coefficient (Wildman–Crippen LogP) is 4.66. The minimum atomic E-state index is -1.82. The van der Waals surface area contributed by atoms with Crippen LogP contribution in [0.2, 0.25) is 5.02 Å². The third kappa shape index (κ3) is 11.0. The molecule has 0 spiro atoms. The van der Waals surface area contributed by atoms with E-state index < -0.39 is 45.6 Å². The van der Waals surface area contributed by atoms with E-state index in [2.05, 4.69) is 20.1 Å². The van der Waals surface area contributed by atoms with Gasteiger partial charge in [0.25, 0.3) is 17.7 Å². The van der Waals surface area contributed by atoms with E-state index in [4.69, 9.17) is 43.4 Å². The van der Waals surface area contributed by atoms with E-state index in [1.807, 2.05) is 62.6 Å². The number of benzene rings is 3. The summed E-state index contributed by atoms with van der Waals surface area (Å²) in [7, 11) is 10.6. The number of hydrogen-bond donors (Lipinski definition) is 1. The first-order chi connectivity index (χ1) is 33.3. The van der Waals surface area contributed by atoms with Crippen LogP contribution in [0.5, 0.6) is 23.0 Å². The third-order valence-electron chi connectivity index (χ3n) is 12.5. The number of β-lactam (4-membered cyclic amide) rings is 1. The predicted molar refractivity (Wildman–Crippen MR) is 261 cm³/mol. The van der Waals surface area contributed by atoms with Gasteiger partial charge in [-0.1, -0.05) is 41.0 Å². The number of nitrogens with one attached hydrogen (secondary N) is 1. The van der Waals surface area contributed by atoms with Gasteiger partial charge in [0.15, 0.2) is 28.6 Å². The Hall–Kier alpha value is -6.29. The first-order valence-electron chi connectivity index (χ1n) is 22.1. The lowest BCUT2D eigenvalue weighted by Crippen LogP contribution is -2.74. The highest BCUT2D eigenvalue weighted by Crippen LogP contribution is 2.41. The Bertz CT molecular complexity index is 2770. The molecule has 2 saturated heterocycles. The van der Waals surface area contributed by atoms with Crippen LogP contribution < -0.4 is 24.3 Å². The largest absolute Gasteiger partial charge is 0.539 e. The lowest BCUT2D eigenvalue weighted by atomic mass is 10.0. The third-order valence-corrected chi connectivity index (χ3v) is 15.3. The molecule has 0 bridgehead atoms. The highest BCUT2D eigenvalue weighted by molar-refractivity contribution is 7.86. The van der Waals surface area contributed by atoms with Crippen LogP contribution in [-0.4, -0.2) is 143 Å². The van der Waals surface area contributed by atoms with Gasteiger partial charge in [-0.3, -0.25) is 28.3 Å². The van der Waals surface area contributed by atoms with Crippen LogP contribution in [0, 0.1) is 6.92 Å². The average Bonchev–Trinajstić information content (AvgIpc) is 4.02. The van der Waals surface area contributed by atoms with Gasteiger partial charge >= 0.3 is 14.0 Å². The fraction of sp³-hybridized carbons (Fsp3) is 0.396. The van der Waals surface area contributed by atoms with Crippen molar-refractivity contribution in [2.45, 2.75) is 70.4 Å². The second kappa shape index (κ2) is 21.4. The number of thiazole rings is 1. The highest BCUT2D eigenvalue weighted by atomic mass is 35.5. The van der Waals surface area contributed by atoms with E-state index in [-0.39, 0.29) is 81.2 Å². The maximum Gasteiger partial charge on any atom is 0.378 e. The molecule has 3 aliphatic heterocycles. The van der Waals surface area contributed by atoms with Gasteiger partial charge in [0, 0.05) is 23.9 Å². The van der Waals surface area contributed by atoms with E-state index in [9.17, 15) is 28.2 Å². The monoisotopic (exact) mass is 1020 g/mol. The Morgan fingerprint density at radius 2 is 1.61 bits per heavy atom. The number of carbonyl (C=O) groups is 5. The number of nitrogens with zero attached hydrogens (tertiary/aromatic N) is 5. The van der Waals surface area contributed by atoms with Gasteiger partial charge in [0.2, 0.25) is 0 Å². The number of amides is 3. The molecule has 1 N–H and O–H groups in total. The van der Waals surface area contributed by atoms with Gasteiger partial charge < -0.3 is 43.1 Å². The fourth-order valence-electron chi connectivity index (χ4n) is 8.13. The van der Waals surface area contributed by atoms with Crippen molar-refractivity contribution in [2.75, 3.05) is 53.7 Å². The van der Waals surface area contributed by atoms with Crippen LogP contribution in [0.25, 0.3) is 0 Å². The molecule has 70 heavy (non-hydrogen) atoms. The van der Waals surface area contributed by atoms with Gasteiger partial charge in [-0.05, 0) is 75.2 Å². The summed E-state index contributed by atoms with van der Waals surface area (Å²) in [6, 6.07) is 16.5. The van der Waals surface area contributed by atoms with Crippen molar-refractivity contribution in [3.05, 3.63) is 110 Å². The summed E-state index contributed by atoms with van der Waals surface area (Å²) in [5.41, 5.74) is 0.553. The Labute approximate surface area is 418 Å². The summed E-state index contributed by atoms with van der Waals surface area (Å²) in [6.07, 6.45) is 0.558. The van der Waals surface area contributed by atoms with Crippen molar-refractivity contribution in [3.8, 4) is 23.0 Å². The number of methoxy groups -OCH3 is 2. The van der Waals surface area contributed by atoms with E-state index in [0.29, 0.717) is 47.3 Å². The second-order valence-electron chi connectivity index (χ2n) is 17.9. The summed E-state index contributed by atoms with van der Waals surface area (Å²) < 4.78 is 42.0. The standard InChI is InChI=1S/C48H52BClN6O12S2/c1-27(57)48(3,4)68-53-39(36-25-69-28(2)51-36)43(58)52-40-45(60)55-41(47(61)67-49)31(26-70(62)46(40)55)22-56(5,6)32-19-20-54(21-32)44(59)35-17-18-37(65-23-29-9-13-33(63-7)14-10-29)42(38(35)50)66-24-30-11-15-34(64-8)16-12-30/h9-18,25,32,40,46H,19-24,26H2,1-8H3/p+1/b53-39-/t32-,40-,46-,70?/m1/s1. The minimum absolute atomic E-state index is 0.0815. The Balaban J connectivity index is 1.07. The maximum atomic E-state index is 14.3. The zero-order chi connectivity index (χ0) is 50.7. The molecule has 2 fully saturated rings. The number of oxime groups is 1. The average molecular weight is 1020 g/mol. The maximum absolute atomic E-state index is 14.3. The number of fused-ring (bicyclic) bond motifs is 1. The summed E-state index contributed by atoms with van der Waals surface area (Å²) in [5, 5.41) is 7.69. The highest BCUT2D eigenvalue weighted by Gasteiger charge is 2.58. The van der Waals surface area contributed by atoms with Crippen LogP contribution in [0.3, 0.4) is 0 Å². The lowest BCUT2D eigenvalue weighted by molar-refractivity contribution is -0.908. The number of likely N-dealkylation sites (N-methyl/N-ethyl adjacent to an activating group) is 1. The molecule has 3 aromatic carbocycles. The van der Waals surface area contributed by atoms with Crippen LogP contribution in [0.4, 0.5) is 0 Å². The number of carbonyl (C=O) groups excluding carboxylic acids is 5. The zero-order valence-corrected chi connectivity index (χ0v) is 42.3. The summed E-state index contributed by atoms with van der Waals surface area (Å²) in [6.45, 7) is 7.12. The van der Waals surface area contributed by atoms with Crippen molar-refractivity contribution in [2.24, 2.45) is 5.16 Å². The number of Topliss-reactive ketones (excluding diaryl/α,β-unsaturated/α-hetero) is 1. The summed E-state index contributed by atoms with van der Waals surface area (Å²) in [5.74, 6) is -1.51. The van der Waals surface area contributed by atoms with Gasteiger partial charge in [-0.15, -0.1) is 11.3 Å². The van der Waals surface area contributed by atoms with Gasteiger partial charge in [-0.25, -0.2) is 9.78 Å². The van der Waals surface area contributed by atoms with Crippen molar-refractivity contribution in [3.63, 3.8) is 0 Å². The lowest BCUT2D eigenvalue weighted by Gasteiger charge is -2.50. The molecule has 1 aromatic heterocycles. The van der Waals surface area contributed by atoms with E-state index in [0.717, 1.165) is 16.0 Å². The zero-order valence-electron chi connectivity index (χ0n) is 39.9. The van der Waals surface area contributed by atoms with Crippen molar-refractivity contribution in [1.29, 1.82) is 0 Å². The Morgan fingerprint density at radius 3 is 2.19 bits per heavy atom. The molecule has 3 aliphatic rings. The molecule has 4 heterocycles. The molecule has 1 unspecified atom stereocenters. The number of quaternary nitrogens is 1. The topological polar surface area (TPSA) is 202 Å². The van der Waals surface area contributed by atoms with Crippen LogP contribution in [0.15, 0.2) is 82.5 Å². The van der Waals surface area contributed by atoms with Crippen LogP contribution in [0.1, 0.15) is 59.4 Å². The molecule has 0 aliphatic carbocycles. The smallest absolute Gasteiger partial charge is 0.378 e. The normalized spacial score (nSPS) is 19.2. The van der Waals surface area contributed by atoms with Crippen LogP contribution >= 0.6 is 22.9 Å². The molecule has 7 rings (SSSR count). The number of hydrogen-bond acceptors (Lipinski definition) is 15. The number of halogens is 1. The Kier molecular flexibility index (Phi) is 15.7. The molecule has 4 atom stereocenters. The molecule has 3 amide bonds. The van der Waals surface area contributed by atoms with Gasteiger partial charge in [0.05, 0.1) is 67.0 Å². The number of ketones is 1. The second-order valence-corrected chi connectivity index (χ2v) is 20.9. The van der Waals surface area contributed by atoms with Crippen molar-refractivity contribution >= 4 is 77.0 Å². The number of aromatic nitrogens is 1.